The van der Waals surface area contributed by atoms with E-state index in [1.165, 1.54) is 24.3 Å². The molecule has 0 spiro atoms. The first-order valence-electron chi connectivity index (χ1n) is 21.9. The van der Waals surface area contributed by atoms with E-state index in [0.717, 1.165) is 11.1 Å². The lowest BCUT2D eigenvalue weighted by molar-refractivity contribution is -0.118. The summed E-state index contributed by atoms with van der Waals surface area (Å²) in [5, 5.41) is 30.4. The number of hydrogen-bond donors (Lipinski definition) is 4. The molecule has 68 heavy (non-hydrogen) atoms. The highest BCUT2D eigenvalue weighted by Crippen LogP contribution is 2.41. The van der Waals surface area contributed by atoms with Crippen LogP contribution in [0.25, 0.3) is 0 Å². The monoisotopic (exact) mass is 946 g/mol. The quantitative estimate of drug-likeness (QED) is 0.0761. The van der Waals surface area contributed by atoms with Gasteiger partial charge in [-0.3, -0.25) is 9.59 Å². The van der Waals surface area contributed by atoms with Crippen LogP contribution in [0.2, 0.25) is 0 Å². The van der Waals surface area contributed by atoms with Crippen LogP contribution in [0.15, 0.2) is 168 Å². The number of phenols is 2. The van der Waals surface area contributed by atoms with Gasteiger partial charge in [0.1, 0.15) is 32.8 Å². The van der Waals surface area contributed by atoms with Gasteiger partial charge >= 0.3 is 20.2 Å². The molecule has 0 saturated heterocycles. The predicted molar refractivity (Wildman–Crippen MR) is 259 cm³/mol. The maximum absolute atomic E-state index is 14.1. The summed E-state index contributed by atoms with van der Waals surface area (Å²) in [4.78, 5) is 26.9. The Morgan fingerprint density at radius 3 is 1.06 bits per heavy atom. The molecule has 0 fully saturated rings. The summed E-state index contributed by atoms with van der Waals surface area (Å²) in [6.45, 7) is 3.66. The van der Waals surface area contributed by atoms with E-state index in [4.69, 9.17) is 8.37 Å². The van der Waals surface area contributed by atoms with Crippen LogP contribution in [-0.2, 0) is 55.5 Å². The lowest BCUT2D eigenvalue weighted by Crippen LogP contribution is -2.19. The molecular weight excluding hydrogens is 901 g/mol. The Morgan fingerprint density at radius 2 is 0.765 bits per heavy atom. The Morgan fingerprint density at radius 1 is 0.471 bits per heavy atom. The van der Waals surface area contributed by atoms with Crippen LogP contribution in [0, 0.1) is 25.7 Å². The lowest BCUT2D eigenvalue weighted by Gasteiger charge is -2.21. The number of phenolic OH excluding ortho intramolecular Hbond substituents is 2. The number of allylic oxidation sites excluding steroid dienone is 4. The molecule has 14 heteroatoms. The van der Waals surface area contributed by atoms with Crippen molar-refractivity contribution < 1.29 is 45.0 Å². The molecule has 0 aromatic heterocycles. The number of hydrogen-bond acceptors (Lipinski definition) is 10. The number of nitrogens with one attached hydrogen (secondary N) is 2. The first kappa shape index (κ1) is 45.5. The molecule has 4 N–H and O–H groups in total. The zero-order chi connectivity index (χ0) is 47.7. The second-order valence-corrected chi connectivity index (χ2v) is 20.2. The van der Waals surface area contributed by atoms with Crippen molar-refractivity contribution >= 4 is 43.4 Å². The minimum atomic E-state index is -4.47. The molecule has 3 aliphatic rings. The number of rotatable bonds is 10. The number of aromatic hydroxyl groups is 2. The number of para-hydroxylation sites is 2. The first-order chi connectivity index (χ1) is 32.6. The Kier molecular flexibility index (Phi) is 12.4. The molecule has 6 aromatic rings. The van der Waals surface area contributed by atoms with Crippen molar-refractivity contribution in [2.75, 3.05) is 10.6 Å². The van der Waals surface area contributed by atoms with Crippen LogP contribution < -0.4 is 19.0 Å². The highest BCUT2D eigenvalue weighted by Gasteiger charge is 2.28. The summed E-state index contributed by atoms with van der Waals surface area (Å²) in [6, 6.07) is 28.9. The first-order valence-corrected chi connectivity index (χ1v) is 24.7. The Balaban J connectivity index is 1.25. The zero-order valence-corrected chi connectivity index (χ0v) is 38.6. The fraction of sp³-hybridized carbons (Fsp3) is 0.148. The molecule has 344 valence electrons. The van der Waals surface area contributed by atoms with E-state index in [9.17, 15) is 36.6 Å². The summed E-state index contributed by atoms with van der Waals surface area (Å²) in [6.07, 6.45) is 13.6. The predicted octanol–water partition coefficient (Wildman–Crippen LogP) is 9.29. The molecule has 6 aromatic carbocycles. The van der Waals surface area contributed by atoms with Crippen molar-refractivity contribution in [2.24, 2.45) is 11.8 Å². The third-order valence-electron chi connectivity index (χ3n) is 12.1. The van der Waals surface area contributed by atoms with Gasteiger partial charge in [0.25, 0.3) is 0 Å². The summed E-state index contributed by atoms with van der Waals surface area (Å²) >= 11 is 0. The average molecular weight is 947 g/mol. The molecule has 0 radical (unpaired) electrons. The third-order valence-corrected chi connectivity index (χ3v) is 14.5. The number of carbonyl (C=O) groups is 2. The number of aryl methyl sites for hydroxylation is 2. The van der Waals surface area contributed by atoms with Gasteiger partial charge in [0.05, 0.1) is 11.8 Å². The number of anilines is 2. The molecule has 8 bridgehead atoms. The van der Waals surface area contributed by atoms with E-state index in [1.54, 1.807) is 134 Å². The Bertz CT molecular complexity index is 3020. The van der Waals surface area contributed by atoms with E-state index < -0.39 is 32.1 Å². The molecule has 0 atom stereocenters. The van der Waals surface area contributed by atoms with Gasteiger partial charge in [-0.05, 0) is 62.4 Å². The smallest absolute Gasteiger partial charge is 0.339 e. The van der Waals surface area contributed by atoms with Gasteiger partial charge in [0.15, 0.2) is 0 Å². The van der Waals surface area contributed by atoms with E-state index in [0.29, 0.717) is 33.6 Å². The standard InChI is InChI=1S/C54H46N2O10S2/c1-33-17-21-47(22-18-33)67(61,62)65-51-37-13-7-14-38(51)26-42-30-46(56-54(60)36-11-5-6-12-36)32-44(50(42)58)28-40-16-8-15-39(52(40)66-68(63,64)48-23-19-34(2)20-24-48)27-43-31-45(29-41(25-37)49(43)57)55-53(59)35-9-3-4-10-35/h3-24,29-32,35-36,57-58H,25-28H2,1-2H3,(H,55,59)(H,56,60). The molecule has 2 amide bonds. The van der Waals surface area contributed by atoms with Crippen LogP contribution in [0.3, 0.4) is 0 Å². The van der Waals surface area contributed by atoms with Crippen molar-refractivity contribution in [2.45, 2.75) is 49.3 Å². The second-order valence-electron chi connectivity index (χ2n) is 17.1. The fourth-order valence-corrected chi connectivity index (χ4v) is 10.5. The number of carbonyl (C=O) groups excluding carboxylic acids is 2. The van der Waals surface area contributed by atoms with Gasteiger partial charge < -0.3 is 29.2 Å². The normalized spacial score (nSPS) is 14.5. The van der Waals surface area contributed by atoms with Crippen LogP contribution in [0.4, 0.5) is 11.4 Å². The molecule has 0 aliphatic heterocycles. The van der Waals surface area contributed by atoms with Crippen LogP contribution in [-0.4, -0.2) is 38.9 Å². The highest BCUT2D eigenvalue weighted by molar-refractivity contribution is 7.87. The van der Waals surface area contributed by atoms with Crippen molar-refractivity contribution in [1.29, 1.82) is 0 Å². The van der Waals surface area contributed by atoms with E-state index in [2.05, 4.69) is 10.6 Å². The number of amides is 2. The third kappa shape index (κ3) is 9.73. The van der Waals surface area contributed by atoms with Crippen LogP contribution in [0.5, 0.6) is 23.0 Å². The van der Waals surface area contributed by atoms with Gasteiger partial charge in [-0.1, -0.05) is 120 Å². The molecule has 9 rings (SSSR count). The maximum atomic E-state index is 14.1. The molecule has 0 saturated carbocycles. The van der Waals surface area contributed by atoms with Gasteiger partial charge in [-0.2, -0.15) is 16.8 Å². The average Bonchev–Trinajstić information content (AvgIpc) is 4.06. The topological polar surface area (TPSA) is 185 Å². The fourth-order valence-electron chi connectivity index (χ4n) is 8.46. The molecule has 12 nitrogen and oxygen atoms in total. The molecular formula is C54H46N2O10S2. The van der Waals surface area contributed by atoms with Gasteiger partial charge in [-0.15, -0.1) is 0 Å². The Labute approximate surface area is 394 Å². The summed E-state index contributed by atoms with van der Waals surface area (Å²) in [5.74, 6) is -2.25. The van der Waals surface area contributed by atoms with E-state index in [-0.39, 0.29) is 92.5 Å². The SMILES string of the molecule is Cc1ccc(S(=O)(=O)Oc2c3cccc2Cc2cc(NC(=O)C4C=CC=C4)cc(c2O)Cc2cccc(c2OS(=O)(=O)c2ccc(C)cc2)Cc2cc(NC(=O)C4C=CC=C4)cc(c2O)C3)cc1. The van der Waals surface area contributed by atoms with E-state index >= 15 is 0 Å². The second kappa shape index (κ2) is 18.5. The van der Waals surface area contributed by atoms with E-state index in [1.807, 2.05) is 13.8 Å². The van der Waals surface area contributed by atoms with Gasteiger partial charge in [0, 0.05) is 81.6 Å². The minimum absolute atomic E-state index is 0.0457. The van der Waals surface area contributed by atoms with Crippen LogP contribution >= 0.6 is 0 Å². The zero-order valence-electron chi connectivity index (χ0n) is 37.0. The summed E-state index contributed by atoms with van der Waals surface area (Å²) < 4.78 is 68.7. The Hall–Kier alpha value is -7.68. The molecule has 3 aliphatic carbocycles. The maximum Gasteiger partial charge on any atom is 0.339 e. The van der Waals surface area contributed by atoms with Crippen molar-refractivity contribution in [1.82, 2.24) is 0 Å². The largest absolute Gasteiger partial charge is 0.507 e. The lowest BCUT2D eigenvalue weighted by atomic mass is 9.91. The summed E-state index contributed by atoms with van der Waals surface area (Å²) in [5.41, 5.74) is 4.84. The molecule has 0 heterocycles. The highest BCUT2D eigenvalue weighted by atomic mass is 32.2. The number of fused-ring (bicyclic) bond motifs is 8. The molecule has 0 unspecified atom stereocenters. The van der Waals surface area contributed by atoms with Gasteiger partial charge in [0.2, 0.25) is 11.8 Å². The number of benzene rings is 6. The van der Waals surface area contributed by atoms with Crippen molar-refractivity contribution in [3.8, 4) is 23.0 Å². The summed E-state index contributed by atoms with van der Waals surface area (Å²) in [7, 11) is -8.94. The van der Waals surface area contributed by atoms with Gasteiger partial charge in [-0.25, -0.2) is 0 Å². The van der Waals surface area contributed by atoms with Crippen molar-refractivity contribution in [3.63, 3.8) is 0 Å². The minimum Gasteiger partial charge on any atom is -0.507 e. The van der Waals surface area contributed by atoms with Crippen LogP contribution in [0.1, 0.15) is 55.6 Å². The van der Waals surface area contributed by atoms with Crippen molar-refractivity contribution in [3.05, 3.63) is 213 Å².